The van der Waals surface area contributed by atoms with E-state index in [0.717, 1.165) is 17.7 Å². The maximum Gasteiger partial charge on any atom is 0.416 e. The van der Waals surface area contributed by atoms with Crippen molar-refractivity contribution in [2.24, 2.45) is 0 Å². The van der Waals surface area contributed by atoms with Crippen LogP contribution in [-0.4, -0.2) is 0 Å². The summed E-state index contributed by atoms with van der Waals surface area (Å²) < 4.78 is 37.8. The summed E-state index contributed by atoms with van der Waals surface area (Å²) in [6, 6.07) is 9.90. The Balaban J connectivity index is 2.36. The molecule has 2 aromatic carbocycles. The van der Waals surface area contributed by atoms with Crippen LogP contribution < -0.4 is 5.32 Å². The Labute approximate surface area is 124 Å². The molecule has 108 valence electrons. The molecule has 2 rings (SSSR count). The minimum absolute atomic E-state index is 0.0819. The highest BCUT2D eigenvalue weighted by atomic mass is 35.5. The Morgan fingerprint density at radius 1 is 1.14 bits per heavy atom. The van der Waals surface area contributed by atoms with Gasteiger partial charge in [0.05, 0.1) is 16.8 Å². The molecule has 2 nitrogen and oxygen atoms in total. The number of anilines is 2. The number of hydrogen-bond donors (Lipinski definition) is 1. The Bertz CT molecular complexity index is 718. The van der Waals surface area contributed by atoms with Crippen molar-refractivity contribution in [1.82, 2.24) is 0 Å². The van der Waals surface area contributed by atoms with E-state index in [1.54, 1.807) is 24.3 Å². The van der Waals surface area contributed by atoms with E-state index in [4.69, 9.17) is 16.9 Å². The number of halogens is 4. The lowest BCUT2D eigenvalue weighted by Gasteiger charge is -2.12. The standard InChI is InChI=1S/C15H10ClF3N2/c1-9-2-4-12(7-13(9)16)21-14-5-3-11(15(17,18)19)6-10(14)8-20/h2-7,21H,1H3. The molecule has 6 heteroatoms. The van der Waals surface area contributed by atoms with Crippen molar-refractivity contribution in [2.75, 3.05) is 5.32 Å². The van der Waals surface area contributed by atoms with Gasteiger partial charge in [-0.1, -0.05) is 17.7 Å². The maximum atomic E-state index is 12.6. The van der Waals surface area contributed by atoms with Gasteiger partial charge in [0.1, 0.15) is 6.07 Å². The number of nitrogens with one attached hydrogen (secondary N) is 1. The second kappa shape index (κ2) is 5.66. The predicted octanol–water partition coefficient (Wildman–Crippen LogP) is 5.28. The minimum Gasteiger partial charge on any atom is -0.354 e. The smallest absolute Gasteiger partial charge is 0.354 e. The molecule has 0 amide bonds. The van der Waals surface area contributed by atoms with Gasteiger partial charge in [-0.2, -0.15) is 18.4 Å². The van der Waals surface area contributed by atoms with E-state index in [1.807, 2.05) is 6.92 Å². The number of nitrogens with zero attached hydrogens (tertiary/aromatic N) is 1. The van der Waals surface area contributed by atoms with Crippen molar-refractivity contribution in [2.45, 2.75) is 13.1 Å². The number of rotatable bonds is 2. The molecule has 0 aliphatic rings. The molecule has 0 saturated heterocycles. The highest BCUT2D eigenvalue weighted by Crippen LogP contribution is 2.32. The summed E-state index contributed by atoms with van der Waals surface area (Å²) in [6.45, 7) is 1.84. The van der Waals surface area contributed by atoms with Crippen molar-refractivity contribution in [3.05, 3.63) is 58.1 Å². The second-order valence-electron chi connectivity index (χ2n) is 4.46. The summed E-state index contributed by atoms with van der Waals surface area (Å²) in [4.78, 5) is 0. The van der Waals surface area contributed by atoms with Gasteiger partial charge in [0.15, 0.2) is 0 Å². The Hall–Kier alpha value is -2.19. The van der Waals surface area contributed by atoms with Crippen LogP contribution in [-0.2, 0) is 6.18 Å². The zero-order chi connectivity index (χ0) is 15.6. The molecule has 0 fully saturated rings. The summed E-state index contributed by atoms with van der Waals surface area (Å²) in [5.41, 5.74) is 0.843. The molecular formula is C15H10ClF3N2. The quantitative estimate of drug-likeness (QED) is 0.819. The Morgan fingerprint density at radius 3 is 2.43 bits per heavy atom. The Kier molecular flexibility index (Phi) is 4.10. The lowest BCUT2D eigenvalue weighted by molar-refractivity contribution is -0.137. The Morgan fingerprint density at radius 2 is 1.86 bits per heavy atom. The lowest BCUT2D eigenvalue weighted by Crippen LogP contribution is -2.06. The van der Waals surface area contributed by atoms with Crippen LogP contribution in [0.5, 0.6) is 0 Å². The summed E-state index contributed by atoms with van der Waals surface area (Å²) >= 11 is 5.99. The van der Waals surface area contributed by atoms with E-state index in [1.165, 1.54) is 6.07 Å². The zero-order valence-corrected chi connectivity index (χ0v) is 11.7. The summed E-state index contributed by atoms with van der Waals surface area (Å²) in [6.07, 6.45) is -4.47. The van der Waals surface area contributed by atoms with E-state index >= 15 is 0 Å². The van der Waals surface area contributed by atoms with Crippen molar-refractivity contribution >= 4 is 23.0 Å². The molecule has 1 N–H and O–H groups in total. The summed E-state index contributed by atoms with van der Waals surface area (Å²) in [5.74, 6) is 0. The first-order valence-corrected chi connectivity index (χ1v) is 6.33. The molecule has 0 radical (unpaired) electrons. The van der Waals surface area contributed by atoms with E-state index in [0.29, 0.717) is 16.4 Å². The molecule has 0 aromatic heterocycles. The summed E-state index contributed by atoms with van der Waals surface area (Å²) in [5, 5.41) is 12.4. The molecule has 2 aromatic rings. The molecule has 0 atom stereocenters. The molecule has 0 saturated carbocycles. The van der Waals surface area contributed by atoms with Crippen LogP contribution in [0.1, 0.15) is 16.7 Å². The van der Waals surface area contributed by atoms with Gasteiger partial charge < -0.3 is 5.32 Å². The van der Waals surface area contributed by atoms with Crippen molar-refractivity contribution < 1.29 is 13.2 Å². The number of benzene rings is 2. The van der Waals surface area contributed by atoms with E-state index < -0.39 is 11.7 Å². The van der Waals surface area contributed by atoms with Gasteiger partial charge in [0.2, 0.25) is 0 Å². The van der Waals surface area contributed by atoms with Crippen LogP contribution in [0.4, 0.5) is 24.5 Å². The van der Waals surface area contributed by atoms with E-state index in [2.05, 4.69) is 5.32 Å². The predicted molar refractivity (Wildman–Crippen MR) is 75.6 cm³/mol. The van der Waals surface area contributed by atoms with Gasteiger partial charge in [0, 0.05) is 10.7 Å². The van der Waals surface area contributed by atoms with Gasteiger partial charge in [-0.05, 0) is 42.8 Å². The third-order valence-corrected chi connectivity index (χ3v) is 3.33. The van der Waals surface area contributed by atoms with Crippen LogP contribution in [0.3, 0.4) is 0 Å². The first-order valence-electron chi connectivity index (χ1n) is 5.96. The molecule has 0 unspecified atom stereocenters. The number of aryl methyl sites for hydroxylation is 1. The van der Waals surface area contributed by atoms with Gasteiger partial charge in [-0.3, -0.25) is 0 Å². The maximum absolute atomic E-state index is 12.6. The molecule has 0 aliphatic heterocycles. The third kappa shape index (κ3) is 3.47. The molecule has 0 spiro atoms. The zero-order valence-electron chi connectivity index (χ0n) is 10.9. The average Bonchev–Trinajstić information content (AvgIpc) is 2.42. The van der Waals surface area contributed by atoms with Gasteiger partial charge in [-0.15, -0.1) is 0 Å². The topological polar surface area (TPSA) is 35.8 Å². The van der Waals surface area contributed by atoms with Gasteiger partial charge in [-0.25, -0.2) is 0 Å². The highest BCUT2D eigenvalue weighted by molar-refractivity contribution is 6.31. The SMILES string of the molecule is Cc1ccc(Nc2ccc(C(F)(F)F)cc2C#N)cc1Cl. The fourth-order valence-electron chi connectivity index (χ4n) is 1.75. The van der Waals surface area contributed by atoms with Crippen LogP contribution >= 0.6 is 11.6 Å². The van der Waals surface area contributed by atoms with Crippen molar-refractivity contribution in [1.29, 1.82) is 5.26 Å². The number of alkyl halides is 3. The average molecular weight is 311 g/mol. The van der Waals surface area contributed by atoms with E-state index in [-0.39, 0.29) is 5.56 Å². The second-order valence-corrected chi connectivity index (χ2v) is 4.87. The fraction of sp³-hybridized carbons (Fsp3) is 0.133. The monoisotopic (exact) mass is 310 g/mol. The summed E-state index contributed by atoms with van der Waals surface area (Å²) in [7, 11) is 0. The first kappa shape index (κ1) is 15.2. The highest BCUT2D eigenvalue weighted by Gasteiger charge is 2.31. The van der Waals surface area contributed by atoms with Crippen LogP contribution in [0.25, 0.3) is 0 Å². The number of nitriles is 1. The molecule has 0 bridgehead atoms. The van der Waals surface area contributed by atoms with Gasteiger partial charge in [0.25, 0.3) is 0 Å². The molecular weight excluding hydrogens is 301 g/mol. The molecule has 21 heavy (non-hydrogen) atoms. The number of hydrogen-bond acceptors (Lipinski definition) is 2. The molecule has 0 heterocycles. The lowest BCUT2D eigenvalue weighted by atomic mass is 10.1. The van der Waals surface area contributed by atoms with Crippen LogP contribution in [0.2, 0.25) is 5.02 Å². The van der Waals surface area contributed by atoms with E-state index in [9.17, 15) is 13.2 Å². The van der Waals surface area contributed by atoms with Crippen molar-refractivity contribution in [3.63, 3.8) is 0 Å². The minimum atomic E-state index is -4.47. The fourth-order valence-corrected chi connectivity index (χ4v) is 1.93. The van der Waals surface area contributed by atoms with Crippen LogP contribution in [0, 0.1) is 18.3 Å². The molecule has 0 aliphatic carbocycles. The first-order chi connectivity index (χ1) is 9.81. The normalized spacial score (nSPS) is 11.0. The van der Waals surface area contributed by atoms with Gasteiger partial charge >= 0.3 is 6.18 Å². The third-order valence-electron chi connectivity index (χ3n) is 2.92. The van der Waals surface area contributed by atoms with Crippen molar-refractivity contribution in [3.8, 4) is 6.07 Å². The van der Waals surface area contributed by atoms with Crippen LogP contribution in [0.15, 0.2) is 36.4 Å². The largest absolute Gasteiger partial charge is 0.416 e.